The van der Waals surface area contributed by atoms with Crippen molar-refractivity contribution in [1.29, 1.82) is 0 Å². The lowest BCUT2D eigenvalue weighted by Crippen LogP contribution is -2.41. The van der Waals surface area contributed by atoms with Crippen LogP contribution in [0, 0.1) is 0 Å². The fraction of sp³-hybridized carbons (Fsp3) is 0.227. The molecule has 10 nitrogen and oxygen atoms in total. The number of furan rings is 1. The van der Waals surface area contributed by atoms with Crippen LogP contribution in [0.25, 0.3) is 22.6 Å². The number of alkyl halides is 5. The van der Waals surface area contributed by atoms with Crippen molar-refractivity contribution in [2.24, 2.45) is 0 Å². The van der Waals surface area contributed by atoms with Crippen molar-refractivity contribution in [2.75, 3.05) is 6.54 Å². The minimum atomic E-state index is -4.80. The Balaban J connectivity index is 1.44. The zero-order valence-corrected chi connectivity index (χ0v) is 18.4. The van der Waals surface area contributed by atoms with Gasteiger partial charge in [-0.2, -0.15) is 27.1 Å². The summed E-state index contributed by atoms with van der Waals surface area (Å²) in [6.45, 7) is -2.92. The molecule has 0 fully saturated rings. The van der Waals surface area contributed by atoms with Crippen LogP contribution in [0.15, 0.2) is 51.7 Å². The van der Waals surface area contributed by atoms with Gasteiger partial charge in [-0.05, 0) is 12.1 Å². The van der Waals surface area contributed by atoms with E-state index in [1.807, 2.05) is 0 Å². The molecule has 1 aliphatic rings. The van der Waals surface area contributed by atoms with Crippen molar-refractivity contribution >= 4 is 16.9 Å². The Morgan fingerprint density at radius 2 is 1.95 bits per heavy atom. The highest BCUT2D eigenvalue weighted by Crippen LogP contribution is 2.46. The van der Waals surface area contributed by atoms with Crippen LogP contribution < -0.4 is 0 Å². The Labute approximate surface area is 202 Å². The summed E-state index contributed by atoms with van der Waals surface area (Å²) in [6, 6.07) is 5.51. The van der Waals surface area contributed by atoms with Gasteiger partial charge in [0.1, 0.15) is 28.6 Å². The number of aromatic nitrogens is 6. The zero-order valence-electron chi connectivity index (χ0n) is 18.4. The molecule has 0 radical (unpaired) electrons. The molecule has 0 bridgehead atoms. The van der Waals surface area contributed by atoms with E-state index >= 15 is 0 Å². The number of imidazole rings is 1. The van der Waals surface area contributed by atoms with Crippen LogP contribution in [0.5, 0.6) is 0 Å². The van der Waals surface area contributed by atoms with E-state index in [0.29, 0.717) is 10.4 Å². The molecular weight excluding hydrogens is 505 g/mol. The molecule has 6 rings (SSSR count). The first-order chi connectivity index (χ1) is 17.7. The number of aromatic amines is 1. The summed E-state index contributed by atoms with van der Waals surface area (Å²) in [5.41, 5.74) is -0.403. The number of nitrogens with zero attached hydrogens (tertiary/aromatic N) is 6. The second-order valence-corrected chi connectivity index (χ2v) is 8.12. The molecule has 5 aromatic rings. The molecule has 1 aliphatic heterocycles. The molecule has 0 spiro atoms. The molecule has 1 aromatic carbocycles. The Morgan fingerprint density at radius 3 is 2.70 bits per heavy atom. The summed E-state index contributed by atoms with van der Waals surface area (Å²) in [6.07, 6.45) is -2.22. The zero-order chi connectivity index (χ0) is 25.9. The van der Waals surface area contributed by atoms with Gasteiger partial charge in [-0.1, -0.05) is 18.2 Å². The summed E-state index contributed by atoms with van der Waals surface area (Å²) in [5.74, 6) is -2.27. The van der Waals surface area contributed by atoms with E-state index in [2.05, 4.69) is 25.3 Å². The van der Waals surface area contributed by atoms with Gasteiger partial charge in [0.2, 0.25) is 0 Å². The van der Waals surface area contributed by atoms with Gasteiger partial charge < -0.3 is 18.7 Å². The molecule has 0 unspecified atom stereocenters. The standard InChI is InChI=1S/C22H14F5N7O3/c23-21(24)34-8-6-12(32-34)18-30-31-19(37-18)20(35)33-7-5-11-15(29-9-28-11)16(33)17-14(22(25,26)27)10-3-1-2-4-13(10)36-17/h1-4,6,8-9,16,21H,5,7H2,(H,28,29)/t16-/m1/s1. The maximum atomic E-state index is 14.3. The van der Waals surface area contributed by atoms with E-state index in [1.165, 1.54) is 36.7 Å². The van der Waals surface area contributed by atoms with Crippen LogP contribution in [0.2, 0.25) is 0 Å². The number of carbonyl (C=O) groups is 1. The first-order valence-electron chi connectivity index (χ1n) is 10.8. The van der Waals surface area contributed by atoms with Gasteiger partial charge in [0, 0.05) is 30.2 Å². The molecule has 5 heterocycles. The average Bonchev–Trinajstić information content (AvgIpc) is 3.65. The van der Waals surface area contributed by atoms with Crippen molar-refractivity contribution < 1.29 is 35.6 Å². The third-order valence-corrected chi connectivity index (χ3v) is 5.98. The van der Waals surface area contributed by atoms with Gasteiger partial charge in [0.25, 0.3) is 5.89 Å². The number of hydrogen-bond donors (Lipinski definition) is 1. The molecule has 1 atom stereocenters. The van der Waals surface area contributed by atoms with E-state index in [-0.39, 0.29) is 41.2 Å². The van der Waals surface area contributed by atoms with E-state index in [4.69, 9.17) is 8.83 Å². The van der Waals surface area contributed by atoms with Crippen LogP contribution in [0.1, 0.15) is 46.0 Å². The number of H-pyrrole nitrogens is 1. The Morgan fingerprint density at radius 1 is 1.14 bits per heavy atom. The summed E-state index contributed by atoms with van der Waals surface area (Å²) >= 11 is 0. The molecule has 0 saturated carbocycles. The highest BCUT2D eigenvalue weighted by Gasteiger charge is 2.46. The quantitative estimate of drug-likeness (QED) is 0.345. The third-order valence-electron chi connectivity index (χ3n) is 5.98. The number of rotatable bonds is 4. The summed E-state index contributed by atoms with van der Waals surface area (Å²) in [7, 11) is 0. The highest BCUT2D eigenvalue weighted by molar-refractivity contribution is 5.91. The molecule has 37 heavy (non-hydrogen) atoms. The molecule has 0 aliphatic carbocycles. The van der Waals surface area contributed by atoms with Crippen LogP contribution in [-0.4, -0.2) is 47.3 Å². The second-order valence-electron chi connectivity index (χ2n) is 8.12. The molecule has 15 heteroatoms. The molecule has 4 aromatic heterocycles. The second kappa shape index (κ2) is 8.25. The number of carbonyl (C=O) groups excluding carboxylic acids is 1. The van der Waals surface area contributed by atoms with Crippen molar-refractivity contribution in [3.05, 3.63) is 71.5 Å². The lowest BCUT2D eigenvalue weighted by molar-refractivity contribution is -0.138. The summed E-state index contributed by atoms with van der Waals surface area (Å²) in [5, 5.41) is 10.8. The van der Waals surface area contributed by atoms with Crippen molar-refractivity contribution in [1.82, 2.24) is 34.8 Å². The van der Waals surface area contributed by atoms with Crippen LogP contribution in [-0.2, 0) is 12.6 Å². The molecule has 0 saturated heterocycles. The van der Waals surface area contributed by atoms with Gasteiger partial charge >= 0.3 is 24.5 Å². The lowest BCUT2D eigenvalue weighted by Gasteiger charge is -2.33. The smallest absolute Gasteiger partial charge is 0.420 e. The van der Waals surface area contributed by atoms with Crippen LogP contribution >= 0.6 is 0 Å². The number of fused-ring (bicyclic) bond motifs is 2. The topological polar surface area (TPSA) is 119 Å². The third kappa shape index (κ3) is 3.73. The first kappa shape index (κ1) is 22.9. The number of nitrogens with one attached hydrogen (secondary N) is 1. The van der Waals surface area contributed by atoms with Gasteiger partial charge in [0.15, 0.2) is 0 Å². The molecule has 1 N–H and O–H groups in total. The van der Waals surface area contributed by atoms with Gasteiger partial charge in [-0.25, -0.2) is 9.67 Å². The monoisotopic (exact) mass is 519 g/mol. The Kier molecular flexibility index (Phi) is 5.10. The van der Waals surface area contributed by atoms with E-state index < -0.39 is 41.9 Å². The van der Waals surface area contributed by atoms with Crippen molar-refractivity contribution in [3.8, 4) is 11.6 Å². The number of amides is 1. The van der Waals surface area contributed by atoms with Gasteiger partial charge in [0.05, 0.1) is 12.0 Å². The van der Waals surface area contributed by atoms with Crippen molar-refractivity contribution in [2.45, 2.75) is 25.2 Å². The fourth-order valence-electron chi connectivity index (χ4n) is 4.41. The molecule has 190 valence electrons. The van der Waals surface area contributed by atoms with Crippen LogP contribution in [0.3, 0.4) is 0 Å². The fourth-order valence-corrected chi connectivity index (χ4v) is 4.41. The number of benzene rings is 1. The minimum Gasteiger partial charge on any atom is -0.458 e. The van der Waals surface area contributed by atoms with Gasteiger partial charge in [-0.3, -0.25) is 4.79 Å². The Hall–Kier alpha value is -4.56. The molecular formula is C22H14F5N7O3. The number of halogens is 5. The minimum absolute atomic E-state index is 0.00502. The lowest BCUT2D eigenvalue weighted by atomic mass is 9.96. The van der Waals surface area contributed by atoms with E-state index in [1.54, 1.807) is 0 Å². The van der Waals surface area contributed by atoms with Crippen LogP contribution in [0.4, 0.5) is 22.0 Å². The number of para-hydroxylation sites is 1. The maximum absolute atomic E-state index is 14.3. The average molecular weight is 519 g/mol. The normalized spacial score (nSPS) is 16.1. The Bertz CT molecular complexity index is 1620. The van der Waals surface area contributed by atoms with E-state index in [9.17, 15) is 26.7 Å². The SMILES string of the molecule is O=C(c1nnc(-c2ccn(C(F)F)n2)o1)N1CCc2[nH]cnc2[C@@H]1c1oc2ccccc2c1C(F)(F)F. The van der Waals surface area contributed by atoms with Crippen molar-refractivity contribution in [3.63, 3.8) is 0 Å². The van der Waals surface area contributed by atoms with Gasteiger partial charge in [-0.15, -0.1) is 10.2 Å². The van der Waals surface area contributed by atoms with E-state index in [0.717, 1.165) is 11.1 Å². The highest BCUT2D eigenvalue weighted by atomic mass is 19.4. The predicted octanol–water partition coefficient (Wildman–Crippen LogP) is 4.60. The summed E-state index contributed by atoms with van der Waals surface area (Å²) in [4.78, 5) is 21.6. The molecule has 1 amide bonds. The summed E-state index contributed by atoms with van der Waals surface area (Å²) < 4.78 is 79.9. The maximum Gasteiger partial charge on any atom is 0.420 e. The first-order valence-corrected chi connectivity index (χ1v) is 10.8. The predicted molar refractivity (Wildman–Crippen MR) is 113 cm³/mol. The largest absolute Gasteiger partial charge is 0.458 e. The number of hydrogen-bond acceptors (Lipinski definition) is 7.